The number of amides is 2. The van der Waals surface area contributed by atoms with Crippen LogP contribution in [0.1, 0.15) is 24.0 Å². The third-order valence-corrected chi connectivity index (χ3v) is 5.19. The molecule has 2 amide bonds. The molecule has 0 spiro atoms. The van der Waals surface area contributed by atoms with E-state index in [-0.39, 0.29) is 11.8 Å². The Morgan fingerprint density at radius 2 is 1.92 bits per heavy atom. The summed E-state index contributed by atoms with van der Waals surface area (Å²) in [4.78, 5) is 28.3. The third-order valence-electron chi connectivity index (χ3n) is 5.19. The van der Waals surface area contributed by atoms with Crippen LogP contribution in [-0.2, 0) is 22.4 Å². The average Bonchev–Trinajstić information content (AvgIpc) is 3.01. The second-order valence-corrected chi connectivity index (χ2v) is 7.03. The van der Waals surface area contributed by atoms with Gasteiger partial charge in [0.25, 0.3) is 0 Å². The minimum Gasteiger partial charge on any atom is -0.371 e. The second-order valence-electron chi connectivity index (χ2n) is 7.03. The molecule has 0 radical (unpaired) electrons. The van der Waals surface area contributed by atoms with E-state index in [1.165, 1.54) is 5.56 Å². The Labute approximate surface area is 153 Å². The van der Waals surface area contributed by atoms with E-state index in [4.69, 9.17) is 0 Å². The molecule has 5 nitrogen and oxygen atoms in total. The fourth-order valence-corrected chi connectivity index (χ4v) is 3.78. The number of anilines is 3. The second kappa shape index (κ2) is 6.83. The minimum absolute atomic E-state index is 0.0565. The predicted molar refractivity (Wildman–Crippen MR) is 104 cm³/mol. The number of carbonyl (C=O) groups is 2. The van der Waals surface area contributed by atoms with Crippen LogP contribution in [0, 0.1) is 0 Å². The highest BCUT2D eigenvalue weighted by molar-refractivity contribution is 5.99. The number of carbonyl (C=O) groups excluding carboxylic acids is 2. The van der Waals surface area contributed by atoms with Crippen LogP contribution >= 0.6 is 0 Å². The Balaban J connectivity index is 1.37. The topological polar surface area (TPSA) is 52.7 Å². The van der Waals surface area contributed by atoms with Crippen LogP contribution in [0.4, 0.5) is 17.1 Å². The third kappa shape index (κ3) is 3.17. The summed E-state index contributed by atoms with van der Waals surface area (Å²) in [5, 5.41) is 2.85. The summed E-state index contributed by atoms with van der Waals surface area (Å²) in [6.45, 7) is 1.59. The number of fused-ring (bicyclic) bond motifs is 2. The van der Waals surface area contributed by atoms with Gasteiger partial charge in [-0.25, -0.2) is 0 Å². The van der Waals surface area contributed by atoms with Gasteiger partial charge < -0.3 is 15.1 Å². The van der Waals surface area contributed by atoms with Crippen LogP contribution in [0.25, 0.3) is 0 Å². The van der Waals surface area contributed by atoms with E-state index in [0.717, 1.165) is 48.6 Å². The van der Waals surface area contributed by atoms with E-state index in [9.17, 15) is 9.59 Å². The van der Waals surface area contributed by atoms with Gasteiger partial charge in [-0.05, 0) is 42.2 Å². The van der Waals surface area contributed by atoms with Crippen molar-refractivity contribution in [3.8, 4) is 0 Å². The van der Waals surface area contributed by atoms with E-state index in [2.05, 4.69) is 29.4 Å². The maximum absolute atomic E-state index is 12.7. The van der Waals surface area contributed by atoms with E-state index in [1.54, 1.807) is 0 Å². The van der Waals surface area contributed by atoms with Crippen LogP contribution in [0.3, 0.4) is 0 Å². The summed E-state index contributed by atoms with van der Waals surface area (Å²) in [5.41, 5.74) is 5.29. The lowest BCUT2D eigenvalue weighted by atomic mass is 10.0. The Morgan fingerprint density at radius 1 is 1.12 bits per heavy atom. The van der Waals surface area contributed by atoms with Gasteiger partial charge in [0.05, 0.1) is 17.8 Å². The molecule has 2 heterocycles. The number of para-hydroxylation sites is 2. The zero-order chi connectivity index (χ0) is 18.1. The number of nitrogens with one attached hydrogen (secondary N) is 1. The average molecular weight is 349 g/mol. The fraction of sp³-hybridized carbons (Fsp3) is 0.333. The highest BCUT2D eigenvalue weighted by atomic mass is 16.2. The molecule has 0 saturated carbocycles. The van der Waals surface area contributed by atoms with Crippen LogP contribution in [-0.4, -0.2) is 32.0 Å². The molecule has 1 N–H and O–H groups in total. The van der Waals surface area contributed by atoms with Crippen molar-refractivity contribution in [1.29, 1.82) is 0 Å². The molecule has 26 heavy (non-hydrogen) atoms. The van der Waals surface area contributed by atoms with Crippen LogP contribution < -0.4 is 15.1 Å². The van der Waals surface area contributed by atoms with Gasteiger partial charge in [0.2, 0.25) is 11.8 Å². The molecular formula is C21H23N3O2. The molecule has 0 fully saturated rings. The molecule has 4 rings (SSSR count). The van der Waals surface area contributed by atoms with Crippen LogP contribution in [0.15, 0.2) is 42.5 Å². The molecule has 134 valence electrons. The first-order valence-corrected chi connectivity index (χ1v) is 9.14. The Kier molecular flexibility index (Phi) is 4.37. The Morgan fingerprint density at radius 3 is 2.77 bits per heavy atom. The van der Waals surface area contributed by atoms with E-state index in [1.807, 2.05) is 35.2 Å². The summed E-state index contributed by atoms with van der Waals surface area (Å²) in [7, 11) is 2.06. The molecule has 0 saturated heterocycles. The van der Waals surface area contributed by atoms with Crippen molar-refractivity contribution >= 4 is 28.9 Å². The zero-order valence-electron chi connectivity index (χ0n) is 15.0. The molecular weight excluding hydrogens is 326 g/mol. The summed E-state index contributed by atoms with van der Waals surface area (Å²) in [6.07, 6.45) is 2.66. The fourth-order valence-electron chi connectivity index (χ4n) is 3.78. The van der Waals surface area contributed by atoms with Gasteiger partial charge in [-0.3, -0.25) is 9.59 Å². The Bertz CT molecular complexity index is 862. The lowest BCUT2D eigenvalue weighted by molar-refractivity contribution is -0.118. The van der Waals surface area contributed by atoms with E-state index >= 15 is 0 Å². The van der Waals surface area contributed by atoms with Gasteiger partial charge >= 0.3 is 0 Å². The summed E-state index contributed by atoms with van der Waals surface area (Å²) < 4.78 is 0. The van der Waals surface area contributed by atoms with Gasteiger partial charge in [0, 0.05) is 32.2 Å². The lowest BCUT2D eigenvalue weighted by Gasteiger charge is -2.35. The van der Waals surface area contributed by atoms with Crippen molar-refractivity contribution in [2.75, 3.05) is 35.3 Å². The number of nitrogens with zero attached hydrogens (tertiary/aromatic N) is 2. The zero-order valence-corrected chi connectivity index (χ0v) is 15.0. The first-order chi connectivity index (χ1) is 12.6. The summed E-state index contributed by atoms with van der Waals surface area (Å²) >= 11 is 0. The van der Waals surface area contributed by atoms with Gasteiger partial charge in [0.15, 0.2) is 0 Å². The van der Waals surface area contributed by atoms with Gasteiger partial charge in [-0.2, -0.15) is 0 Å². The lowest BCUT2D eigenvalue weighted by Crippen LogP contribution is -2.42. The van der Waals surface area contributed by atoms with E-state index < -0.39 is 0 Å². The van der Waals surface area contributed by atoms with Crippen molar-refractivity contribution in [3.05, 3.63) is 53.6 Å². The minimum atomic E-state index is 0.0565. The van der Waals surface area contributed by atoms with Gasteiger partial charge in [-0.1, -0.05) is 24.3 Å². The smallest absolute Gasteiger partial charge is 0.228 e. The number of hydrogen-bond donors (Lipinski definition) is 1. The largest absolute Gasteiger partial charge is 0.371 e. The highest BCUT2D eigenvalue weighted by Crippen LogP contribution is 2.32. The number of aryl methyl sites for hydroxylation is 1. The van der Waals surface area contributed by atoms with E-state index in [0.29, 0.717) is 12.8 Å². The highest BCUT2D eigenvalue weighted by Gasteiger charge is 2.24. The van der Waals surface area contributed by atoms with Crippen LogP contribution in [0.2, 0.25) is 0 Å². The number of benzene rings is 2. The van der Waals surface area contributed by atoms with Crippen molar-refractivity contribution in [2.24, 2.45) is 0 Å². The quantitative estimate of drug-likeness (QED) is 0.923. The molecule has 5 heteroatoms. The van der Waals surface area contributed by atoms with Crippen molar-refractivity contribution in [3.63, 3.8) is 0 Å². The molecule has 0 atom stereocenters. The van der Waals surface area contributed by atoms with Gasteiger partial charge in [0.1, 0.15) is 0 Å². The normalized spacial score (nSPS) is 15.5. The molecule has 2 aromatic rings. The SMILES string of the molecule is CN1CCN(C(=O)CCCc2ccc3c(c2)CC(=O)N3)c2ccccc21. The van der Waals surface area contributed by atoms with Crippen molar-refractivity contribution in [2.45, 2.75) is 25.7 Å². The summed E-state index contributed by atoms with van der Waals surface area (Å²) in [5.74, 6) is 0.240. The molecule has 0 aliphatic carbocycles. The van der Waals surface area contributed by atoms with Crippen LogP contribution in [0.5, 0.6) is 0 Å². The standard InChI is InChI=1S/C21H23N3O2/c1-23-11-12-24(19-7-3-2-6-18(19)23)21(26)8-4-5-15-9-10-17-16(13-15)14-20(25)22-17/h2-3,6-7,9-10,13H,4-5,8,11-12,14H2,1H3,(H,22,25). The first kappa shape index (κ1) is 16.6. The number of rotatable bonds is 4. The van der Waals surface area contributed by atoms with Crippen molar-refractivity contribution in [1.82, 2.24) is 0 Å². The Hall–Kier alpha value is -2.82. The molecule has 0 bridgehead atoms. The van der Waals surface area contributed by atoms with Crippen molar-refractivity contribution < 1.29 is 9.59 Å². The first-order valence-electron chi connectivity index (χ1n) is 9.14. The van der Waals surface area contributed by atoms with Gasteiger partial charge in [-0.15, -0.1) is 0 Å². The molecule has 0 aromatic heterocycles. The molecule has 2 aliphatic rings. The summed E-state index contributed by atoms with van der Waals surface area (Å²) in [6, 6.07) is 14.2. The number of hydrogen-bond acceptors (Lipinski definition) is 3. The monoisotopic (exact) mass is 349 g/mol. The number of likely N-dealkylation sites (N-methyl/N-ethyl adjacent to an activating group) is 1. The maximum atomic E-state index is 12.7. The maximum Gasteiger partial charge on any atom is 0.228 e. The molecule has 2 aliphatic heterocycles. The molecule has 2 aromatic carbocycles. The predicted octanol–water partition coefficient (Wildman–Crippen LogP) is 2.99. The molecule has 0 unspecified atom stereocenters.